The Labute approximate surface area is 116 Å². The van der Waals surface area contributed by atoms with E-state index in [4.69, 9.17) is 15.9 Å². The molecule has 0 aromatic heterocycles. The zero-order valence-corrected chi connectivity index (χ0v) is 12.2. The molecule has 0 amide bonds. The number of nitrogens with one attached hydrogen (secondary N) is 1. The highest BCUT2D eigenvalue weighted by Crippen LogP contribution is 2.20. The second kappa shape index (κ2) is 7.79. The first-order valence-electron chi connectivity index (χ1n) is 6.86. The Morgan fingerprint density at radius 1 is 1.37 bits per heavy atom. The molecule has 0 fully saturated rings. The number of unbranched alkanes of at least 4 members (excludes halogenated alkanes) is 1. The minimum absolute atomic E-state index is 0.0433. The normalized spacial score (nSPS) is 10.7. The molecule has 0 aliphatic carbocycles. The highest BCUT2D eigenvalue weighted by molar-refractivity contribution is 5.97. The molecule has 19 heavy (non-hydrogen) atoms. The van der Waals surface area contributed by atoms with Crippen LogP contribution >= 0.6 is 0 Å². The van der Waals surface area contributed by atoms with Crippen LogP contribution in [0.5, 0.6) is 5.75 Å². The van der Waals surface area contributed by atoms with Gasteiger partial charge in [-0.3, -0.25) is 10.3 Å². The van der Waals surface area contributed by atoms with Gasteiger partial charge in [0.25, 0.3) is 0 Å². The SMILES string of the molecule is CCCCN(CC)Cc1ccc(C(=N)N)c(OC)c1. The molecule has 0 unspecified atom stereocenters. The molecular formula is C15H25N3O. The first-order chi connectivity index (χ1) is 9.12. The summed E-state index contributed by atoms with van der Waals surface area (Å²) >= 11 is 0. The second-order valence-corrected chi connectivity index (χ2v) is 4.67. The number of nitrogens with two attached hydrogens (primary N) is 1. The first-order valence-corrected chi connectivity index (χ1v) is 6.86. The van der Waals surface area contributed by atoms with Gasteiger partial charge in [0.2, 0.25) is 0 Å². The first kappa shape index (κ1) is 15.5. The van der Waals surface area contributed by atoms with Crippen LogP contribution < -0.4 is 10.5 Å². The lowest BCUT2D eigenvalue weighted by molar-refractivity contribution is 0.275. The Balaban J connectivity index is 2.81. The largest absolute Gasteiger partial charge is 0.496 e. The van der Waals surface area contributed by atoms with E-state index in [1.807, 2.05) is 18.2 Å². The molecule has 0 saturated carbocycles. The summed E-state index contributed by atoms with van der Waals surface area (Å²) in [5, 5.41) is 7.51. The smallest absolute Gasteiger partial charge is 0.130 e. The second-order valence-electron chi connectivity index (χ2n) is 4.67. The molecule has 0 radical (unpaired) electrons. The van der Waals surface area contributed by atoms with Crippen LogP contribution in [0.15, 0.2) is 18.2 Å². The summed E-state index contributed by atoms with van der Waals surface area (Å²) in [6, 6.07) is 5.86. The van der Waals surface area contributed by atoms with Gasteiger partial charge < -0.3 is 10.5 Å². The molecule has 4 heteroatoms. The highest BCUT2D eigenvalue weighted by Gasteiger charge is 2.09. The van der Waals surface area contributed by atoms with E-state index in [-0.39, 0.29) is 5.84 Å². The molecular weight excluding hydrogens is 238 g/mol. The van der Waals surface area contributed by atoms with Gasteiger partial charge in [-0.1, -0.05) is 26.3 Å². The van der Waals surface area contributed by atoms with Gasteiger partial charge in [0.15, 0.2) is 0 Å². The molecule has 1 rings (SSSR count). The summed E-state index contributed by atoms with van der Waals surface area (Å²) in [6.45, 7) is 7.45. The predicted molar refractivity (Wildman–Crippen MR) is 79.9 cm³/mol. The van der Waals surface area contributed by atoms with Crippen molar-refractivity contribution in [3.8, 4) is 5.75 Å². The summed E-state index contributed by atoms with van der Waals surface area (Å²) < 4.78 is 5.30. The molecule has 0 bridgehead atoms. The third-order valence-electron chi connectivity index (χ3n) is 3.24. The van der Waals surface area contributed by atoms with Crippen LogP contribution in [0.3, 0.4) is 0 Å². The Kier molecular flexibility index (Phi) is 6.36. The van der Waals surface area contributed by atoms with Gasteiger partial charge in [0.1, 0.15) is 11.6 Å². The van der Waals surface area contributed by atoms with Crippen molar-refractivity contribution in [2.24, 2.45) is 5.73 Å². The van der Waals surface area contributed by atoms with Crippen molar-refractivity contribution in [3.05, 3.63) is 29.3 Å². The standard InChI is InChI=1S/C15H25N3O/c1-4-6-9-18(5-2)11-12-7-8-13(15(16)17)14(10-12)19-3/h7-8,10H,4-6,9,11H2,1-3H3,(H3,16,17). The average molecular weight is 263 g/mol. The minimum Gasteiger partial charge on any atom is -0.496 e. The number of amidine groups is 1. The molecule has 3 N–H and O–H groups in total. The number of benzene rings is 1. The van der Waals surface area contributed by atoms with Crippen LogP contribution in [0.1, 0.15) is 37.8 Å². The number of rotatable bonds is 8. The fourth-order valence-corrected chi connectivity index (χ4v) is 2.05. The molecule has 0 aliphatic rings. The van der Waals surface area contributed by atoms with Crippen molar-refractivity contribution in [2.45, 2.75) is 33.2 Å². The third kappa shape index (κ3) is 4.56. The third-order valence-corrected chi connectivity index (χ3v) is 3.24. The molecule has 106 valence electrons. The van der Waals surface area contributed by atoms with E-state index in [0.717, 1.165) is 19.6 Å². The lowest BCUT2D eigenvalue weighted by Crippen LogP contribution is -2.24. The molecule has 0 saturated heterocycles. The average Bonchev–Trinajstić information content (AvgIpc) is 2.42. The van der Waals surface area contributed by atoms with Gasteiger partial charge in [0.05, 0.1) is 12.7 Å². The summed E-state index contributed by atoms with van der Waals surface area (Å²) in [4.78, 5) is 2.41. The zero-order valence-electron chi connectivity index (χ0n) is 12.2. The van der Waals surface area contributed by atoms with Gasteiger partial charge >= 0.3 is 0 Å². The van der Waals surface area contributed by atoms with E-state index in [9.17, 15) is 0 Å². The van der Waals surface area contributed by atoms with E-state index in [1.165, 1.54) is 18.4 Å². The van der Waals surface area contributed by atoms with E-state index in [2.05, 4.69) is 18.7 Å². The Morgan fingerprint density at radius 2 is 2.11 bits per heavy atom. The lowest BCUT2D eigenvalue weighted by Gasteiger charge is -2.20. The lowest BCUT2D eigenvalue weighted by atomic mass is 10.1. The maximum absolute atomic E-state index is 7.51. The van der Waals surface area contributed by atoms with E-state index < -0.39 is 0 Å². The van der Waals surface area contributed by atoms with Gasteiger partial charge in [0, 0.05) is 6.54 Å². The fourth-order valence-electron chi connectivity index (χ4n) is 2.05. The van der Waals surface area contributed by atoms with Crippen molar-refractivity contribution in [2.75, 3.05) is 20.2 Å². The fraction of sp³-hybridized carbons (Fsp3) is 0.533. The molecule has 0 aliphatic heterocycles. The molecule has 4 nitrogen and oxygen atoms in total. The maximum Gasteiger partial charge on any atom is 0.130 e. The topological polar surface area (TPSA) is 62.3 Å². The van der Waals surface area contributed by atoms with E-state index in [1.54, 1.807) is 7.11 Å². The minimum atomic E-state index is 0.0433. The Bertz CT molecular complexity index is 418. The molecule has 1 aromatic rings. The molecule has 0 heterocycles. The summed E-state index contributed by atoms with van der Waals surface area (Å²) in [5.41, 5.74) is 7.38. The Morgan fingerprint density at radius 3 is 2.63 bits per heavy atom. The molecule has 0 spiro atoms. The van der Waals surface area contributed by atoms with Gasteiger partial charge in [-0.2, -0.15) is 0 Å². The van der Waals surface area contributed by atoms with Crippen molar-refractivity contribution >= 4 is 5.84 Å². The summed E-state index contributed by atoms with van der Waals surface area (Å²) in [5.74, 6) is 0.721. The number of hydrogen-bond acceptors (Lipinski definition) is 3. The number of nitrogen functional groups attached to an aromatic ring is 1. The van der Waals surface area contributed by atoms with Crippen LogP contribution in [0.2, 0.25) is 0 Å². The van der Waals surface area contributed by atoms with Crippen LogP contribution in [-0.2, 0) is 6.54 Å². The van der Waals surface area contributed by atoms with E-state index in [0.29, 0.717) is 11.3 Å². The zero-order chi connectivity index (χ0) is 14.3. The summed E-state index contributed by atoms with van der Waals surface area (Å²) in [7, 11) is 1.61. The predicted octanol–water partition coefficient (Wildman–Crippen LogP) is 2.60. The van der Waals surface area contributed by atoms with Crippen molar-refractivity contribution < 1.29 is 4.74 Å². The number of methoxy groups -OCH3 is 1. The monoisotopic (exact) mass is 263 g/mol. The number of nitrogens with zero attached hydrogens (tertiary/aromatic N) is 1. The van der Waals surface area contributed by atoms with Gasteiger partial charge in [-0.15, -0.1) is 0 Å². The molecule has 0 atom stereocenters. The van der Waals surface area contributed by atoms with Crippen LogP contribution in [0.4, 0.5) is 0 Å². The highest BCUT2D eigenvalue weighted by atomic mass is 16.5. The van der Waals surface area contributed by atoms with Crippen LogP contribution in [0.25, 0.3) is 0 Å². The van der Waals surface area contributed by atoms with Gasteiger partial charge in [-0.25, -0.2) is 0 Å². The molecule has 1 aromatic carbocycles. The number of hydrogen-bond donors (Lipinski definition) is 2. The van der Waals surface area contributed by atoms with Crippen molar-refractivity contribution in [3.63, 3.8) is 0 Å². The maximum atomic E-state index is 7.51. The van der Waals surface area contributed by atoms with Crippen molar-refractivity contribution in [1.82, 2.24) is 4.90 Å². The van der Waals surface area contributed by atoms with Gasteiger partial charge in [-0.05, 0) is 37.2 Å². The quantitative estimate of drug-likeness (QED) is 0.560. The van der Waals surface area contributed by atoms with E-state index >= 15 is 0 Å². The van der Waals surface area contributed by atoms with Crippen molar-refractivity contribution in [1.29, 1.82) is 5.41 Å². The number of ether oxygens (including phenoxy) is 1. The Hall–Kier alpha value is -1.55. The summed E-state index contributed by atoms with van der Waals surface area (Å²) in [6.07, 6.45) is 2.43. The van der Waals surface area contributed by atoms with Crippen LogP contribution in [-0.4, -0.2) is 30.9 Å². The van der Waals surface area contributed by atoms with Crippen LogP contribution in [0, 0.1) is 5.41 Å².